The minimum absolute atomic E-state index is 0.304. The summed E-state index contributed by atoms with van der Waals surface area (Å²) in [4.78, 5) is 3.69. The minimum Gasteiger partial charge on any atom is -0.368 e. The highest BCUT2D eigenvalue weighted by Crippen LogP contribution is 2.27. The topological polar surface area (TPSA) is 63.0 Å². The first-order valence-electron chi connectivity index (χ1n) is 7.21. The second kappa shape index (κ2) is 8.12. The zero-order chi connectivity index (χ0) is 14.4. The third-order valence-electron chi connectivity index (χ3n) is 3.68. The Morgan fingerprint density at radius 2 is 2.05 bits per heavy atom. The number of anilines is 1. The van der Waals surface area contributed by atoms with Crippen LogP contribution in [0.3, 0.4) is 0 Å². The summed E-state index contributed by atoms with van der Waals surface area (Å²) in [5, 5.41) is 6.09. The summed E-state index contributed by atoms with van der Waals surface area (Å²) >= 11 is 6.69. The lowest BCUT2D eigenvalue weighted by molar-refractivity contribution is 0.327. The van der Waals surface area contributed by atoms with Crippen molar-refractivity contribution in [3.63, 3.8) is 0 Å². The van der Waals surface area contributed by atoms with Crippen molar-refractivity contribution in [2.45, 2.75) is 50.6 Å². The van der Waals surface area contributed by atoms with Crippen molar-refractivity contribution in [2.75, 3.05) is 18.4 Å². The van der Waals surface area contributed by atoms with Crippen LogP contribution >= 0.6 is 22.9 Å². The van der Waals surface area contributed by atoms with E-state index in [1.165, 1.54) is 19.3 Å². The number of halogens is 2. The monoisotopic (exact) mass is 320 g/mol. The van der Waals surface area contributed by atoms with E-state index >= 15 is 0 Å². The standard InChI is InChI=1S/C13H22ClFN4S/c14-11-12(19-13(15)20-11)18-8-4-3-7-17-10-6-2-1-5-9(10)16/h9-10,17-18H,1-8,16H2/t9-,10+/m0/s1. The van der Waals surface area contributed by atoms with Gasteiger partial charge in [-0.05, 0) is 32.2 Å². The molecule has 1 fully saturated rings. The van der Waals surface area contributed by atoms with E-state index in [2.05, 4.69) is 15.6 Å². The molecule has 2 atom stereocenters. The van der Waals surface area contributed by atoms with E-state index in [0.717, 1.165) is 43.7 Å². The Balaban J connectivity index is 1.54. The van der Waals surface area contributed by atoms with Crippen molar-refractivity contribution in [2.24, 2.45) is 5.73 Å². The summed E-state index contributed by atoms with van der Waals surface area (Å²) in [6.45, 7) is 1.72. The zero-order valence-corrected chi connectivity index (χ0v) is 13.1. The molecular formula is C13H22ClFN4S. The summed E-state index contributed by atoms with van der Waals surface area (Å²) in [7, 11) is 0. The zero-order valence-electron chi connectivity index (χ0n) is 11.5. The molecule has 4 nitrogen and oxygen atoms in total. The fourth-order valence-electron chi connectivity index (χ4n) is 2.54. The van der Waals surface area contributed by atoms with Gasteiger partial charge < -0.3 is 16.4 Å². The average molecular weight is 321 g/mol. The molecule has 1 heterocycles. The van der Waals surface area contributed by atoms with Crippen LogP contribution in [0.5, 0.6) is 0 Å². The third-order valence-corrected chi connectivity index (χ3v) is 4.72. The lowest BCUT2D eigenvalue weighted by Gasteiger charge is -2.29. The van der Waals surface area contributed by atoms with Gasteiger partial charge in [-0.15, -0.1) is 0 Å². The molecule has 1 aliphatic carbocycles. The molecule has 0 unspecified atom stereocenters. The fourth-order valence-corrected chi connectivity index (χ4v) is 3.34. The molecule has 20 heavy (non-hydrogen) atoms. The van der Waals surface area contributed by atoms with Gasteiger partial charge in [-0.3, -0.25) is 0 Å². The third kappa shape index (κ3) is 4.84. The molecule has 0 radical (unpaired) electrons. The van der Waals surface area contributed by atoms with Crippen LogP contribution in [-0.4, -0.2) is 30.2 Å². The number of nitrogens with two attached hydrogens (primary N) is 1. The van der Waals surface area contributed by atoms with Crippen LogP contribution in [0.4, 0.5) is 10.2 Å². The molecule has 0 saturated heterocycles. The van der Waals surface area contributed by atoms with E-state index in [0.29, 0.717) is 22.2 Å². The van der Waals surface area contributed by atoms with Gasteiger partial charge in [0.2, 0.25) is 0 Å². The van der Waals surface area contributed by atoms with Crippen LogP contribution in [0.25, 0.3) is 0 Å². The van der Waals surface area contributed by atoms with E-state index in [1.54, 1.807) is 0 Å². The molecule has 1 saturated carbocycles. The predicted molar refractivity (Wildman–Crippen MR) is 83.0 cm³/mol. The van der Waals surface area contributed by atoms with Gasteiger partial charge in [0.15, 0.2) is 5.82 Å². The summed E-state index contributed by atoms with van der Waals surface area (Å²) in [6, 6.07) is 0.775. The van der Waals surface area contributed by atoms with Crippen LogP contribution in [0, 0.1) is 5.26 Å². The second-order valence-electron chi connectivity index (χ2n) is 5.23. The lowest BCUT2D eigenvalue weighted by atomic mass is 9.91. The molecule has 0 aromatic carbocycles. The molecule has 4 N–H and O–H groups in total. The first-order valence-corrected chi connectivity index (χ1v) is 8.41. The van der Waals surface area contributed by atoms with Crippen molar-refractivity contribution >= 4 is 28.8 Å². The van der Waals surface area contributed by atoms with Crippen molar-refractivity contribution in [3.05, 3.63) is 9.60 Å². The number of nitrogens with zero attached hydrogens (tertiary/aromatic N) is 1. The van der Waals surface area contributed by atoms with Crippen molar-refractivity contribution in [3.8, 4) is 0 Å². The van der Waals surface area contributed by atoms with Crippen molar-refractivity contribution in [1.29, 1.82) is 0 Å². The number of nitrogens with one attached hydrogen (secondary N) is 2. The molecule has 7 heteroatoms. The Morgan fingerprint density at radius 1 is 1.30 bits per heavy atom. The van der Waals surface area contributed by atoms with Gasteiger partial charge in [-0.1, -0.05) is 35.8 Å². The number of hydrogen-bond acceptors (Lipinski definition) is 5. The first-order chi connectivity index (χ1) is 9.66. The normalized spacial score (nSPS) is 22.9. The Kier molecular flexibility index (Phi) is 6.48. The van der Waals surface area contributed by atoms with Gasteiger partial charge in [-0.25, -0.2) is 0 Å². The van der Waals surface area contributed by atoms with Crippen LogP contribution < -0.4 is 16.4 Å². The lowest BCUT2D eigenvalue weighted by Crippen LogP contribution is -2.47. The van der Waals surface area contributed by atoms with Crippen LogP contribution in [0.1, 0.15) is 38.5 Å². The van der Waals surface area contributed by atoms with Crippen LogP contribution in [0.2, 0.25) is 4.34 Å². The van der Waals surface area contributed by atoms with Crippen LogP contribution in [-0.2, 0) is 0 Å². The van der Waals surface area contributed by atoms with Crippen molar-refractivity contribution < 1.29 is 4.39 Å². The largest absolute Gasteiger partial charge is 0.368 e. The smallest absolute Gasteiger partial charge is 0.272 e. The Bertz CT molecular complexity index is 415. The number of unbranched alkanes of at least 4 members (excludes halogenated alkanes) is 1. The SMILES string of the molecule is N[C@H]1CCCC[C@H]1NCCCCNc1nc(F)sc1Cl. The maximum Gasteiger partial charge on any atom is 0.272 e. The van der Waals surface area contributed by atoms with Gasteiger partial charge in [0.25, 0.3) is 5.26 Å². The Labute approximate surface area is 128 Å². The number of rotatable bonds is 7. The highest BCUT2D eigenvalue weighted by molar-refractivity contribution is 7.15. The summed E-state index contributed by atoms with van der Waals surface area (Å²) in [6.07, 6.45) is 6.90. The summed E-state index contributed by atoms with van der Waals surface area (Å²) < 4.78 is 13.2. The van der Waals surface area contributed by atoms with Gasteiger partial charge in [-0.2, -0.15) is 9.37 Å². The first kappa shape index (κ1) is 15.9. The minimum atomic E-state index is -0.495. The predicted octanol–water partition coefficient (Wildman–Crippen LogP) is 2.99. The number of thiazole rings is 1. The Morgan fingerprint density at radius 3 is 2.75 bits per heavy atom. The molecule has 0 bridgehead atoms. The van der Waals surface area contributed by atoms with E-state index in [-0.39, 0.29) is 0 Å². The van der Waals surface area contributed by atoms with Crippen molar-refractivity contribution in [1.82, 2.24) is 10.3 Å². The average Bonchev–Trinajstić information content (AvgIpc) is 2.74. The molecule has 0 spiro atoms. The molecule has 0 amide bonds. The fraction of sp³-hybridized carbons (Fsp3) is 0.769. The quantitative estimate of drug-likeness (QED) is 0.676. The van der Waals surface area contributed by atoms with E-state index < -0.39 is 5.26 Å². The summed E-state index contributed by atoms with van der Waals surface area (Å²) in [5.74, 6) is 0.455. The van der Waals surface area contributed by atoms with Crippen LogP contribution in [0.15, 0.2) is 0 Å². The molecule has 1 aromatic rings. The Hall–Kier alpha value is -0.430. The molecule has 0 aliphatic heterocycles. The molecule has 1 aliphatic rings. The van der Waals surface area contributed by atoms with Gasteiger partial charge in [0.1, 0.15) is 4.34 Å². The van der Waals surface area contributed by atoms with E-state index in [9.17, 15) is 4.39 Å². The second-order valence-corrected chi connectivity index (χ2v) is 6.78. The van der Waals surface area contributed by atoms with E-state index in [4.69, 9.17) is 17.3 Å². The number of hydrogen-bond donors (Lipinski definition) is 3. The highest BCUT2D eigenvalue weighted by Gasteiger charge is 2.20. The molecule has 1 aromatic heterocycles. The van der Waals surface area contributed by atoms with Gasteiger partial charge in [0.05, 0.1) is 0 Å². The maximum atomic E-state index is 12.8. The maximum absolute atomic E-state index is 12.8. The molecule has 114 valence electrons. The molecule has 2 rings (SSSR count). The van der Waals surface area contributed by atoms with Gasteiger partial charge in [0, 0.05) is 18.6 Å². The van der Waals surface area contributed by atoms with Gasteiger partial charge >= 0.3 is 0 Å². The highest BCUT2D eigenvalue weighted by atomic mass is 35.5. The summed E-state index contributed by atoms with van der Waals surface area (Å²) in [5.41, 5.74) is 6.08. The number of aromatic nitrogens is 1. The molecular weight excluding hydrogens is 299 g/mol. The van der Waals surface area contributed by atoms with E-state index in [1.807, 2.05) is 0 Å².